The van der Waals surface area contributed by atoms with E-state index in [0.717, 1.165) is 16.5 Å². The Hall–Kier alpha value is -2.88. The van der Waals surface area contributed by atoms with Crippen LogP contribution in [0.25, 0.3) is 10.9 Å². The molecule has 0 aliphatic carbocycles. The number of likely N-dealkylation sites (N-methyl/N-ethyl adjacent to an activating group) is 1. The van der Waals surface area contributed by atoms with Crippen LogP contribution < -0.4 is 0 Å². The summed E-state index contributed by atoms with van der Waals surface area (Å²) in [6.45, 7) is 5.51. The van der Waals surface area contributed by atoms with Crippen LogP contribution in [0.1, 0.15) is 18.1 Å². The van der Waals surface area contributed by atoms with Crippen LogP contribution in [0.4, 0.5) is 4.39 Å². The Bertz CT molecular complexity index is 1310. The maximum absolute atomic E-state index is 13.5. The van der Waals surface area contributed by atoms with Gasteiger partial charge in [0.2, 0.25) is 15.9 Å². The maximum Gasteiger partial charge on any atom is 0.245 e. The Kier molecular flexibility index (Phi) is 6.97. The Morgan fingerprint density at radius 1 is 1.12 bits per heavy atom. The number of aromatic nitrogens is 1. The van der Waals surface area contributed by atoms with Gasteiger partial charge in [0.05, 0.1) is 11.6 Å². The van der Waals surface area contributed by atoms with Gasteiger partial charge in [-0.25, -0.2) is 12.8 Å². The van der Waals surface area contributed by atoms with Crippen molar-refractivity contribution in [1.29, 1.82) is 0 Å². The lowest BCUT2D eigenvalue weighted by molar-refractivity contribution is -0.136. The molecule has 0 N–H and O–H groups in total. The average molecular weight is 485 g/mol. The molecule has 180 valence electrons. The van der Waals surface area contributed by atoms with Crippen LogP contribution in [0.5, 0.6) is 0 Å². The standard InChI is InChI=1S/C25H29FN4O3S/c1-18-14-21-7-5-9-23(24(21)27-16-18)34(32,33)30-12-10-29(11-13-30)19(2)25(31)28(3)17-20-6-4-8-22(26)15-20/h4-9,14-16,19H,10-13,17H2,1-3H3. The van der Waals surface area contributed by atoms with Crippen molar-refractivity contribution in [2.45, 2.75) is 31.3 Å². The highest BCUT2D eigenvalue weighted by Gasteiger charge is 2.33. The molecule has 0 spiro atoms. The molecule has 4 rings (SSSR count). The van der Waals surface area contributed by atoms with Crippen molar-refractivity contribution in [3.8, 4) is 0 Å². The van der Waals surface area contributed by atoms with Crippen molar-refractivity contribution in [3.63, 3.8) is 0 Å². The molecular weight excluding hydrogens is 455 g/mol. The highest BCUT2D eigenvalue weighted by molar-refractivity contribution is 7.89. The van der Waals surface area contributed by atoms with E-state index < -0.39 is 16.1 Å². The van der Waals surface area contributed by atoms with E-state index in [1.807, 2.05) is 30.9 Å². The van der Waals surface area contributed by atoms with E-state index >= 15 is 0 Å². The zero-order valence-corrected chi connectivity index (χ0v) is 20.4. The third-order valence-corrected chi connectivity index (χ3v) is 8.22. The predicted molar refractivity (Wildman–Crippen MR) is 129 cm³/mol. The number of para-hydroxylation sites is 1. The average Bonchev–Trinajstić information content (AvgIpc) is 2.82. The summed E-state index contributed by atoms with van der Waals surface area (Å²) < 4.78 is 41.7. The number of halogens is 1. The number of sulfonamides is 1. The summed E-state index contributed by atoms with van der Waals surface area (Å²) in [7, 11) is -2.02. The van der Waals surface area contributed by atoms with Gasteiger partial charge in [-0.1, -0.05) is 24.3 Å². The van der Waals surface area contributed by atoms with E-state index in [4.69, 9.17) is 0 Å². The van der Waals surface area contributed by atoms with E-state index in [9.17, 15) is 17.6 Å². The van der Waals surface area contributed by atoms with Crippen LogP contribution in [-0.4, -0.2) is 72.7 Å². The zero-order chi connectivity index (χ0) is 24.5. The number of piperazine rings is 1. The Morgan fingerprint density at radius 3 is 2.53 bits per heavy atom. The molecule has 1 amide bonds. The van der Waals surface area contributed by atoms with Crippen LogP contribution in [0.15, 0.2) is 59.6 Å². The number of hydrogen-bond acceptors (Lipinski definition) is 5. The second-order valence-electron chi connectivity index (χ2n) is 8.78. The van der Waals surface area contributed by atoms with Gasteiger partial charge in [-0.2, -0.15) is 4.31 Å². The van der Waals surface area contributed by atoms with E-state index in [-0.39, 0.29) is 29.7 Å². The number of hydrogen-bond donors (Lipinski definition) is 0. The quantitative estimate of drug-likeness (QED) is 0.538. The first-order chi connectivity index (χ1) is 16.2. The third-order valence-electron chi connectivity index (χ3n) is 6.29. The summed E-state index contributed by atoms with van der Waals surface area (Å²) in [5.74, 6) is -0.422. The molecule has 1 unspecified atom stereocenters. The smallest absolute Gasteiger partial charge is 0.245 e. The number of rotatable bonds is 6. The van der Waals surface area contributed by atoms with E-state index in [0.29, 0.717) is 25.2 Å². The van der Waals surface area contributed by atoms with Crippen molar-refractivity contribution >= 4 is 26.8 Å². The molecule has 2 aromatic carbocycles. The van der Waals surface area contributed by atoms with Crippen molar-refractivity contribution in [3.05, 3.63) is 71.7 Å². The maximum atomic E-state index is 13.5. The normalized spacial score (nSPS) is 16.5. The molecule has 7 nitrogen and oxygen atoms in total. The number of amides is 1. The molecular formula is C25H29FN4O3S. The lowest BCUT2D eigenvalue weighted by Crippen LogP contribution is -2.55. The predicted octanol–water partition coefficient (Wildman–Crippen LogP) is 3.04. The van der Waals surface area contributed by atoms with Crippen LogP contribution >= 0.6 is 0 Å². The summed E-state index contributed by atoms with van der Waals surface area (Å²) in [6.07, 6.45) is 1.67. The number of benzene rings is 2. The van der Waals surface area contributed by atoms with Gasteiger partial charge in [-0.05, 0) is 49.2 Å². The molecule has 2 heterocycles. The summed E-state index contributed by atoms with van der Waals surface area (Å²) >= 11 is 0. The molecule has 3 aromatic rings. The van der Waals surface area contributed by atoms with Crippen molar-refractivity contribution in [2.24, 2.45) is 0 Å². The number of aryl methyl sites for hydroxylation is 1. The summed E-state index contributed by atoms with van der Waals surface area (Å²) in [5.41, 5.74) is 2.16. The fraction of sp³-hybridized carbons (Fsp3) is 0.360. The topological polar surface area (TPSA) is 73.8 Å². The first-order valence-corrected chi connectivity index (χ1v) is 12.7. The minimum atomic E-state index is -3.72. The molecule has 1 aliphatic heterocycles. The fourth-order valence-corrected chi connectivity index (χ4v) is 5.97. The van der Waals surface area contributed by atoms with Gasteiger partial charge in [0.15, 0.2) is 0 Å². The molecule has 0 saturated carbocycles. The Labute approximate surface area is 199 Å². The molecule has 0 bridgehead atoms. The summed E-state index contributed by atoms with van der Waals surface area (Å²) in [6, 6.07) is 12.9. The van der Waals surface area contributed by atoms with Gasteiger partial charge in [-0.15, -0.1) is 0 Å². The van der Waals surface area contributed by atoms with Crippen LogP contribution in [0.2, 0.25) is 0 Å². The number of pyridine rings is 1. The first kappa shape index (κ1) is 24.3. The highest BCUT2D eigenvalue weighted by Crippen LogP contribution is 2.26. The summed E-state index contributed by atoms with van der Waals surface area (Å²) in [5, 5.41) is 0.792. The molecule has 9 heteroatoms. The highest BCUT2D eigenvalue weighted by atomic mass is 32.2. The number of fused-ring (bicyclic) bond motifs is 1. The second-order valence-corrected chi connectivity index (χ2v) is 10.7. The van der Waals surface area contributed by atoms with Gasteiger partial charge in [0.25, 0.3) is 0 Å². The van der Waals surface area contributed by atoms with Gasteiger partial charge in [0, 0.05) is 51.4 Å². The molecule has 1 aromatic heterocycles. The van der Waals surface area contributed by atoms with E-state index in [1.54, 1.807) is 42.4 Å². The van der Waals surface area contributed by atoms with Gasteiger partial charge in [0.1, 0.15) is 10.7 Å². The zero-order valence-electron chi connectivity index (χ0n) is 19.6. The SMILES string of the molecule is Cc1cnc2c(S(=O)(=O)N3CCN(C(C)C(=O)N(C)Cc4cccc(F)c4)CC3)cccc2c1. The third kappa shape index (κ3) is 4.96. The van der Waals surface area contributed by atoms with Gasteiger partial charge in [-0.3, -0.25) is 14.7 Å². The monoisotopic (exact) mass is 484 g/mol. The largest absolute Gasteiger partial charge is 0.340 e. The minimum absolute atomic E-state index is 0.0887. The Balaban J connectivity index is 1.42. The van der Waals surface area contributed by atoms with Crippen LogP contribution in [-0.2, 0) is 21.4 Å². The minimum Gasteiger partial charge on any atom is -0.340 e. The molecule has 1 atom stereocenters. The fourth-order valence-electron chi connectivity index (χ4n) is 4.38. The molecule has 1 aliphatic rings. The van der Waals surface area contributed by atoms with E-state index in [2.05, 4.69) is 4.98 Å². The molecule has 1 fully saturated rings. The van der Waals surface area contributed by atoms with Crippen molar-refractivity contribution < 1.29 is 17.6 Å². The number of nitrogens with zero attached hydrogens (tertiary/aromatic N) is 4. The van der Waals surface area contributed by atoms with E-state index in [1.165, 1.54) is 16.4 Å². The second kappa shape index (κ2) is 9.77. The van der Waals surface area contributed by atoms with Crippen molar-refractivity contribution in [2.75, 3.05) is 33.2 Å². The van der Waals surface area contributed by atoms with Gasteiger partial charge >= 0.3 is 0 Å². The summed E-state index contributed by atoms with van der Waals surface area (Å²) in [4.78, 5) is 21.1. The lowest BCUT2D eigenvalue weighted by atomic mass is 10.1. The first-order valence-electron chi connectivity index (χ1n) is 11.3. The number of carbonyl (C=O) groups excluding carboxylic acids is 1. The Morgan fingerprint density at radius 2 is 1.82 bits per heavy atom. The molecule has 0 radical (unpaired) electrons. The lowest BCUT2D eigenvalue weighted by Gasteiger charge is -2.38. The van der Waals surface area contributed by atoms with Crippen LogP contribution in [0.3, 0.4) is 0 Å². The number of carbonyl (C=O) groups is 1. The van der Waals surface area contributed by atoms with Crippen LogP contribution in [0, 0.1) is 12.7 Å². The molecule has 1 saturated heterocycles. The van der Waals surface area contributed by atoms with Gasteiger partial charge < -0.3 is 4.90 Å². The van der Waals surface area contributed by atoms with Crippen molar-refractivity contribution in [1.82, 2.24) is 19.1 Å². The molecule has 34 heavy (non-hydrogen) atoms.